The van der Waals surface area contributed by atoms with E-state index in [1.165, 1.54) is 38.3 Å². The molecular formula is C24H28F7N3OY-2. The summed E-state index contributed by atoms with van der Waals surface area (Å²) in [5.74, 6) is 1.20. The Kier molecular flexibility index (Phi) is 15.8. The van der Waals surface area contributed by atoms with Gasteiger partial charge < -0.3 is 11.1 Å². The molecule has 0 aromatic heterocycles. The molecular weight excluding hydrogens is 568 g/mol. The largest absolute Gasteiger partial charge is 0.680 e. The van der Waals surface area contributed by atoms with Gasteiger partial charge in [0.15, 0.2) is 0 Å². The zero-order valence-electron chi connectivity index (χ0n) is 20.0. The van der Waals surface area contributed by atoms with Crippen LogP contribution >= 0.6 is 0 Å². The fraction of sp³-hybridized carbons (Fsp3) is 0.500. The molecule has 199 valence electrons. The molecule has 0 bridgehead atoms. The van der Waals surface area contributed by atoms with E-state index in [2.05, 4.69) is 10.5 Å². The predicted octanol–water partition coefficient (Wildman–Crippen LogP) is 8.76. The van der Waals surface area contributed by atoms with Crippen molar-refractivity contribution >= 4 is 0 Å². The second-order valence-corrected chi connectivity index (χ2v) is 7.98. The molecule has 0 saturated heterocycles. The topological polar surface area (TPSA) is 67.3 Å². The van der Waals surface area contributed by atoms with Gasteiger partial charge in [-0.2, -0.15) is 45.3 Å². The Bertz CT molecular complexity index is 872. The van der Waals surface area contributed by atoms with Gasteiger partial charge in [-0.15, -0.1) is 6.54 Å². The van der Waals surface area contributed by atoms with E-state index in [0.29, 0.717) is 18.1 Å². The van der Waals surface area contributed by atoms with Gasteiger partial charge in [0.25, 0.3) is 0 Å². The van der Waals surface area contributed by atoms with Crippen molar-refractivity contribution in [2.45, 2.75) is 50.5 Å². The molecule has 2 atom stereocenters. The zero-order chi connectivity index (χ0) is 26.6. The molecule has 1 radical (unpaired) electrons. The van der Waals surface area contributed by atoms with Gasteiger partial charge >= 0.3 is 12.4 Å². The van der Waals surface area contributed by atoms with Gasteiger partial charge in [-0.3, -0.25) is 0 Å². The van der Waals surface area contributed by atoms with Crippen LogP contribution in [0.25, 0.3) is 11.1 Å². The number of alkyl halides is 6. The minimum Gasteiger partial charge on any atom is -0.680 e. The minimum absolute atomic E-state index is 0. The number of halogens is 7. The molecule has 2 aromatic carbocycles. The fourth-order valence-electron chi connectivity index (χ4n) is 3.94. The van der Waals surface area contributed by atoms with E-state index in [0.717, 1.165) is 12.5 Å². The Morgan fingerprint density at radius 2 is 1.47 bits per heavy atom. The van der Waals surface area contributed by atoms with Gasteiger partial charge in [-0.1, -0.05) is 36.1 Å². The van der Waals surface area contributed by atoms with Crippen LogP contribution in [0.3, 0.4) is 0 Å². The average Bonchev–Trinajstić information content (AvgIpc) is 2.81. The molecule has 0 spiro atoms. The summed E-state index contributed by atoms with van der Waals surface area (Å²) in [6.07, 6.45) is -4.77. The zero-order valence-corrected chi connectivity index (χ0v) is 22.8. The number of nitrogens with one attached hydrogen (secondary N) is 1. The molecule has 0 heterocycles. The minimum atomic E-state index is -4.90. The molecule has 3 rings (SSSR count). The van der Waals surface area contributed by atoms with Crippen molar-refractivity contribution < 1.29 is 63.4 Å². The van der Waals surface area contributed by atoms with Crippen LogP contribution in [0.15, 0.2) is 47.6 Å². The summed E-state index contributed by atoms with van der Waals surface area (Å²) in [7, 11) is 3.14. The molecule has 0 amide bonds. The summed E-state index contributed by atoms with van der Waals surface area (Å²) in [4.78, 5) is 9.88. The van der Waals surface area contributed by atoms with E-state index >= 15 is 0 Å². The van der Waals surface area contributed by atoms with Crippen molar-refractivity contribution in [3.8, 4) is 0 Å². The van der Waals surface area contributed by atoms with Crippen LogP contribution in [0.5, 0.6) is 0 Å². The van der Waals surface area contributed by atoms with Gasteiger partial charge in [0.2, 0.25) is 0 Å². The number of nitroso groups, excluding NO2 is 1. The molecule has 1 saturated carbocycles. The first kappa shape index (κ1) is 34.6. The second kappa shape index (κ2) is 16.4. The van der Waals surface area contributed by atoms with Crippen LogP contribution in [0.1, 0.15) is 53.9 Å². The summed E-state index contributed by atoms with van der Waals surface area (Å²) < 4.78 is 86.6. The Labute approximate surface area is 231 Å². The van der Waals surface area contributed by atoms with Crippen LogP contribution < -0.4 is 0 Å². The second-order valence-electron chi connectivity index (χ2n) is 7.98. The number of benzene rings is 2. The van der Waals surface area contributed by atoms with E-state index in [1.807, 2.05) is 19.2 Å². The van der Waals surface area contributed by atoms with E-state index in [-0.39, 0.29) is 44.6 Å². The molecule has 12 heteroatoms. The third-order valence-corrected chi connectivity index (χ3v) is 5.46. The maximum atomic E-state index is 12.8. The van der Waals surface area contributed by atoms with Gasteiger partial charge in [-0.05, 0) is 60.2 Å². The summed E-state index contributed by atoms with van der Waals surface area (Å²) in [5.41, 5.74) is 3.71. The van der Waals surface area contributed by atoms with Crippen molar-refractivity contribution in [2.75, 3.05) is 20.6 Å². The van der Waals surface area contributed by atoms with Crippen LogP contribution in [0, 0.1) is 16.6 Å². The Hall–Kier alpha value is -1.43. The third kappa shape index (κ3) is 11.7. The molecule has 2 aromatic rings. The number of rotatable bonds is 5. The SMILES string of the molecule is C[N-]C[C@@H]1CCCC(c2ccc(F)cc2)C1.C[NH-].O=NCc1cc(C(F)(F)F)cc(C(F)(F)F)c1.[Y]. The molecule has 1 aliphatic carbocycles. The van der Waals surface area contributed by atoms with E-state index in [4.69, 9.17) is 5.73 Å². The summed E-state index contributed by atoms with van der Waals surface area (Å²) >= 11 is 0. The van der Waals surface area contributed by atoms with Crippen LogP contribution in [0.4, 0.5) is 30.7 Å². The summed E-state index contributed by atoms with van der Waals surface area (Å²) in [6.45, 7) is 0.241. The van der Waals surface area contributed by atoms with Crippen molar-refractivity contribution in [3.63, 3.8) is 0 Å². The first-order valence-electron chi connectivity index (χ1n) is 10.8. The number of hydrogen-bond donors (Lipinski definition) is 0. The molecule has 0 aliphatic heterocycles. The molecule has 4 nitrogen and oxygen atoms in total. The monoisotopic (exact) mass is 596 g/mol. The van der Waals surface area contributed by atoms with E-state index < -0.39 is 35.6 Å². The van der Waals surface area contributed by atoms with Crippen LogP contribution in [-0.4, -0.2) is 20.6 Å². The van der Waals surface area contributed by atoms with Crippen LogP contribution in [0.2, 0.25) is 0 Å². The van der Waals surface area contributed by atoms with Crippen molar-refractivity contribution in [2.24, 2.45) is 11.1 Å². The van der Waals surface area contributed by atoms with Gasteiger partial charge in [0.05, 0.1) is 11.1 Å². The Morgan fingerprint density at radius 3 is 1.92 bits per heavy atom. The van der Waals surface area contributed by atoms with Gasteiger partial charge in [0, 0.05) is 32.7 Å². The smallest absolute Gasteiger partial charge is 0.416 e. The molecule has 1 fully saturated rings. The maximum Gasteiger partial charge on any atom is 0.416 e. The van der Waals surface area contributed by atoms with Crippen molar-refractivity contribution in [3.05, 3.63) is 86.5 Å². The van der Waals surface area contributed by atoms with Crippen LogP contribution in [-0.2, 0) is 51.6 Å². The van der Waals surface area contributed by atoms with Gasteiger partial charge in [0.1, 0.15) is 12.4 Å². The fourth-order valence-corrected chi connectivity index (χ4v) is 3.94. The number of hydrogen-bond acceptors (Lipinski definition) is 2. The number of nitrogens with zero attached hydrogens (tertiary/aromatic N) is 2. The Balaban J connectivity index is 0.000000621. The molecule has 36 heavy (non-hydrogen) atoms. The van der Waals surface area contributed by atoms with Crippen molar-refractivity contribution in [1.29, 1.82) is 0 Å². The van der Waals surface area contributed by atoms with E-state index in [1.54, 1.807) is 12.1 Å². The quantitative estimate of drug-likeness (QED) is 0.251. The maximum absolute atomic E-state index is 12.8. The summed E-state index contributed by atoms with van der Waals surface area (Å²) in [5, 5.41) is 6.51. The standard InChI is InChI=1S/C14H19FN.C9H5F6NO.CH4N.Y/c1-16-10-11-3-2-4-13(9-11)12-5-7-14(15)8-6-12;10-8(11,12)6-1-5(4-16-17)2-7(3-6)9(13,14)15;1-2;/h5-8,11,13H,2-4,9-10H2,1H3;1-3H,4H2;2H,1H3;/q-1;;-1;/t11-,13?;;;/m1.../s1. The Morgan fingerprint density at radius 1 is 0.944 bits per heavy atom. The third-order valence-electron chi connectivity index (χ3n) is 5.46. The first-order valence-corrected chi connectivity index (χ1v) is 10.8. The molecule has 1 aliphatic rings. The van der Waals surface area contributed by atoms with E-state index in [9.17, 15) is 35.6 Å². The normalized spacial score (nSPS) is 17.5. The van der Waals surface area contributed by atoms with Crippen molar-refractivity contribution in [1.82, 2.24) is 0 Å². The summed E-state index contributed by atoms with van der Waals surface area (Å²) in [6, 6.07) is 7.95. The predicted molar refractivity (Wildman–Crippen MR) is 121 cm³/mol. The molecule has 1 N–H and O–H groups in total. The average molecular weight is 596 g/mol. The van der Waals surface area contributed by atoms with Gasteiger partial charge in [-0.25, -0.2) is 4.39 Å². The molecule has 1 unspecified atom stereocenters. The first-order chi connectivity index (χ1) is 16.4.